The van der Waals surface area contributed by atoms with Crippen LogP contribution in [0.15, 0.2) is 65.4 Å². The number of imidazole rings is 1. The van der Waals surface area contributed by atoms with E-state index in [1.807, 2.05) is 12.1 Å². The van der Waals surface area contributed by atoms with Crippen LogP contribution in [0.4, 0.5) is 13.2 Å². The van der Waals surface area contributed by atoms with Gasteiger partial charge in [0.05, 0.1) is 27.8 Å². The lowest BCUT2D eigenvalue weighted by Gasteiger charge is -2.07. The van der Waals surface area contributed by atoms with Crippen LogP contribution in [-0.2, 0) is 6.18 Å². The average molecular weight is 412 g/mol. The summed E-state index contributed by atoms with van der Waals surface area (Å²) >= 11 is 0.585. The fraction of sp³-hybridized carbons (Fsp3) is 0.0500. The number of benzene rings is 2. The maximum Gasteiger partial charge on any atom is 0.426 e. The van der Waals surface area contributed by atoms with Crippen molar-refractivity contribution in [3.8, 4) is 33.3 Å². The van der Waals surface area contributed by atoms with E-state index in [1.54, 1.807) is 42.7 Å². The first-order valence-corrected chi connectivity index (χ1v) is 9.35. The fourth-order valence-corrected chi connectivity index (χ4v) is 4.09. The van der Waals surface area contributed by atoms with Crippen molar-refractivity contribution in [1.82, 2.24) is 20.1 Å². The Kier molecular flexibility index (Phi) is 3.99. The van der Waals surface area contributed by atoms with Gasteiger partial charge in [0.2, 0.25) is 5.82 Å². The van der Waals surface area contributed by atoms with Crippen LogP contribution in [0, 0.1) is 0 Å². The minimum absolute atomic E-state index is 0.0326. The molecule has 144 valence electrons. The van der Waals surface area contributed by atoms with Gasteiger partial charge in [0, 0.05) is 5.56 Å². The Balaban J connectivity index is 1.61. The molecule has 5 rings (SSSR count). The summed E-state index contributed by atoms with van der Waals surface area (Å²) in [5.41, 5.74) is 2.66. The van der Waals surface area contributed by atoms with Crippen LogP contribution >= 0.6 is 11.3 Å². The molecule has 0 saturated carbocycles. The highest BCUT2D eigenvalue weighted by Gasteiger charge is 2.37. The number of H-pyrrole nitrogens is 1. The minimum Gasteiger partial charge on any atom is -0.345 e. The number of fused-ring (bicyclic) bond motifs is 1. The van der Waals surface area contributed by atoms with Crippen molar-refractivity contribution in [3.63, 3.8) is 0 Å². The normalized spacial score (nSPS) is 12.0. The standard InChI is InChI=1S/C20H11F3N4OS/c21-20(22,23)17-13(11-5-2-1-3-6-11)9-15(29-17)19-26-18(27-28-19)12-7-4-8-14-16(12)25-10-24-14/h1-10H,(H,24,25). The third-order valence-corrected chi connectivity index (χ3v) is 5.57. The van der Waals surface area contributed by atoms with Gasteiger partial charge < -0.3 is 9.51 Å². The number of rotatable bonds is 3. The van der Waals surface area contributed by atoms with Crippen molar-refractivity contribution in [3.05, 3.63) is 65.8 Å². The number of halogens is 3. The van der Waals surface area contributed by atoms with Crippen LogP contribution in [0.1, 0.15) is 4.88 Å². The number of aromatic nitrogens is 4. The Morgan fingerprint density at radius 3 is 2.59 bits per heavy atom. The summed E-state index contributed by atoms with van der Waals surface area (Å²) in [5.74, 6) is 0.297. The monoisotopic (exact) mass is 412 g/mol. The van der Waals surface area contributed by atoms with Gasteiger partial charge in [0.25, 0.3) is 5.89 Å². The number of nitrogens with zero attached hydrogens (tertiary/aromatic N) is 3. The minimum atomic E-state index is -4.49. The Morgan fingerprint density at radius 1 is 0.966 bits per heavy atom. The van der Waals surface area contributed by atoms with Crippen LogP contribution < -0.4 is 0 Å². The number of thiophene rings is 1. The number of aromatic amines is 1. The molecule has 9 heteroatoms. The summed E-state index contributed by atoms with van der Waals surface area (Å²) in [4.78, 5) is 11.1. The quantitative estimate of drug-likeness (QED) is 0.393. The first-order chi connectivity index (χ1) is 14.0. The predicted octanol–water partition coefficient (Wildman–Crippen LogP) is 6.03. The molecule has 0 aliphatic heterocycles. The Labute approximate surface area is 165 Å². The molecular formula is C20H11F3N4OS. The van der Waals surface area contributed by atoms with E-state index in [0.29, 0.717) is 28.0 Å². The van der Waals surface area contributed by atoms with Crippen LogP contribution in [0.5, 0.6) is 0 Å². The van der Waals surface area contributed by atoms with Crippen LogP contribution in [-0.4, -0.2) is 20.1 Å². The van der Waals surface area contributed by atoms with Gasteiger partial charge in [0.15, 0.2) is 0 Å². The lowest BCUT2D eigenvalue weighted by Crippen LogP contribution is -2.03. The van der Waals surface area contributed by atoms with E-state index in [2.05, 4.69) is 20.1 Å². The summed E-state index contributed by atoms with van der Waals surface area (Å²) < 4.78 is 46.1. The third kappa shape index (κ3) is 3.09. The molecule has 1 N–H and O–H groups in total. The van der Waals surface area contributed by atoms with Crippen molar-refractivity contribution >= 4 is 22.4 Å². The Morgan fingerprint density at radius 2 is 1.79 bits per heavy atom. The van der Waals surface area contributed by atoms with Crippen molar-refractivity contribution in [2.45, 2.75) is 6.18 Å². The van der Waals surface area contributed by atoms with Gasteiger partial charge in [0.1, 0.15) is 4.88 Å². The molecule has 0 aliphatic rings. The van der Waals surface area contributed by atoms with Crippen LogP contribution in [0.2, 0.25) is 0 Å². The molecule has 5 aromatic rings. The number of hydrogen-bond donors (Lipinski definition) is 1. The Hall–Kier alpha value is -3.46. The lowest BCUT2D eigenvalue weighted by molar-refractivity contribution is -0.133. The van der Waals surface area contributed by atoms with E-state index in [0.717, 1.165) is 5.52 Å². The molecule has 29 heavy (non-hydrogen) atoms. The molecular weight excluding hydrogens is 401 g/mol. The highest BCUT2D eigenvalue weighted by Crippen LogP contribution is 2.45. The van der Waals surface area contributed by atoms with E-state index in [1.165, 1.54) is 6.07 Å². The van der Waals surface area contributed by atoms with Gasteiger partial charge in [-0.1, -0.05) is 41.6 Å². The molecule has 0 saturated heterocycles. The SMILES string of the molecule is FC(F)(F)c1sc(-c2nc(-c3cccc4[nH]cnc34)no2)cc1-c1ccccc1. The third-order valence-electron chi connectivity index (χ3n) is 4.40. The molecule has 0 spiro atoms. The Bertz CT molecular complexity index is 1300. The second-order valence-corrected chi connectivity index (χ2v) is 7.30. The second-order valence-electron chi connectivity index (χ2n) is 6.24. The van der Waals surface area contributed by atoms with Gasteiger partial charge in [-0.2, -0.15) is 18.2 Å². The van der Waals surface area contributed by atoms with E-state index in [9.17, 15) is 13.2 Å². The number of nitrogens with one attached hydrogen (secondary N) is 1. The summed E-state index contributed by atoms with van der Waals surface area (Å²) in [7, 11) is 0. The zero-order chi connectivity index (χ0) is 20.0. The molecule has 3 aromatic heterocycles. The zero-order valence-corrected chi connectivity index (χ0v) is 15.4. The van der Waals surface area contributed by atoms with Crippen LogP contribution in [0.25, 0.3) is 44.3 Å². The van der Waals surface area contributed by atoms with Crippen LogP contribution in [0.3, 0.4) is 0 Å². The largest absolute Gasteiger partial charge is 0.426 e. The highest BCUT2D eigenvalue weighted by atomic mass is 32.1. The topological polar surface area (TPSA) is 67.6 Å². The van der Waals surface area contributed by atoms with E-state index >= 15 is 0 Å². The molecule has 5 nitrogen and oxygen atoms in total. The van der Waals surface area contributed by atoms with Crippen molar-refractivity contribution in [2.75, 3.05) is 0 Å². The summed E-state index contributed by atoms with van der Waals surface area (Å²) in [6.45, 7) is 0. The van der Waals surface area contributed by atoms with E-state index < -0.39 is 11.1 Å². The first-order valence-electron chi connectivity index (χ1n) is 8.54. The predicted molar refractivity (Wildman–Crippen MR) is 103 cm³/mol. The van der Waals surface area contributed by atoms with Gasteiger partial charge in [-0.25, -0.2) is 4.98 Å². The smallest absolute Gasteiger partial charge is 0.345 e. The maximum atomic E-state index is 13.6. The number of alkyl halides is 3. The van der Waals surface area contributed by atoms with E-state index in [-0.39, 0.29) is 22.2 Å². The lowest BCUT2D eigenvalue weighted by atomic mass is 10.1. The molecule has 0 unspecified atom stereocenters. The molecule has 0 amide bonds. The van der Waals surface area contributed by atoms with Gasteiger partial charge >= 0.3 is 6.18 Å². The van der Waals surface area contributed by atoms with Gasteiger partial charge in [-0.3, -0.25) is 0 Å². The average Bonchev–Trinajstić information content (AvgIpc) is 3.45. The molecule has 0 aliphatic carbocycles. The van der Waals surface area contributed by atoms with Gasteiger partial charge in [-0.15, -0.1) is 11.3 Å². The molecule has 0 fully saturated rings. The van der Waals surface area contributed by atoms with Crippen molar-refractivity contribution < 1.29 is 17.7 Å². The molecule has 2 aromatic carbocycles. The molecule has 0 radical (unpaired) electrons. The number of hydrogen-bond acceptors (Lipinski definition) is 5. The molecule has 3 heterocycles. The summed E-state index contributed by atoms with van der Waals surface area (Å²) in [6, 6.07) is 15.3. The second kappa shape index (κ2) is 6.56. The summed E-state index contributed by atoms with van der Waals surface area (Å²) in [6.07, 6.45) is -2.94. The van der Waals surface area contributed by atoms with E-state index in [4.69, 9.17) is 4.52 Å². The first kappa shape index (κ1) is 17.6. The fourth-order valence-electron chi connectivity index (χ4n) is 3.12. The summed E-state index contributed by atoms with van der Waals surface area (Å²) in [5, 5.41) is 3.95. The molecule has 0 atom stereocenters. The van der Waals surface area contributed by atoms with Crippen molar-refractivity contribution in [2.24, 2.45) is 0 Å². The molecule has 0 bridgehead atoms. The van der Waals surface area contributed by atoms with Crippen molar-refractivity contribution in [1.29, 1.82) is 0 Å². The maximum absolute atomic E-state index is 13.6. The number of para-hydroxylation sites is 1. The zero-order valence-electron chi connectivity index (χ0n) is 14.6. The highest BCUT2D eigenvalue weighted by molar-refractivity contribution is 7.16. The van der Waals surface area contributed by atoms with Gasteiger partial charge in [-0.05, 0) is 23.8 Å².